The van der Waals surface area contributed by atoms with Gasteiger partial charge in [0.05, 0.1) is 35.7 Å². The number of nitrogens with one attached hydrogen (secondary N) is 2. The van der Waals surface area contributed by atoms with Gasteiger partial charge in [0.15, 0.2) is 0 Å². The first-order valence-electron chi connectivity index (χ1n) is 19.2. The van der Waals surface area contributed by atoms with Gasteiger partial charge in [0.25, 0.3) is 11.8 Å². The number of anilines is 2. The smallest absolute Gasteiger partial charge is 0.318 e. The van der Waals surface area contributed by atoms with E-state index in [1.165, 1.54) is 24.6 Å². The van der Waals surface area contributed by atoms with Crippen LogP contribution in [0.2, 0.25) is 0 Å². The molecule has 11 nitrogen and oxygen atoms in total. The number of carbonyl (C=O) groups is 5. The molecule has 4 rings (SSSR count). The van der Waals surface area contributed by atoms with Crippen molar-refractivity contribution in [1.29, 1.82) is 0 Å². The van der Waals surface area contributed by atoms with Gasteiger partial charge < -0.3 is 25.0 Å². The van der Waals surface area contributed by atoms with Gasteiger partial charge in [-0.3, -0.25) is 29.0 Å². The van der Waals surface area contributed by atoms with E-state index in [2.05, 4.69) is 15.6 Å². The van der Waals surface area contributed by atoms with Gasteiger partial charge >= 0.3 is 11.9 Å². The van der Waals surface area contributed by atoms with Gasteiger partial charge in [0.2, 0.25) is 5.91 Å². The van der Waals surface area contributed by atoms with E-state index in [1.54, 1.807) is 58.0 Å². The fourth-order valence-electron chi connectivity index (χ4n) is 6.71. The summed E-state index contributed by atoms with van der Waals surface area (Å²) in [5.74, 6) is -1.51. The number of ether oxygens (including phenoxy) is 2. The normalized spacial score (nSPS) is 13.1. The summed E-state index contributed by atoms with van der Waals surface area (Å²) in [6.07, 6.45) is 7.12. The van der Waals surface area contributed by atoms with Crippen LogP contribution in [0.25, 0.3) is 0 Å². The molecular weight excluding hydrogens is 717 g/mol. The standard InChI is InChI=1S/C43H58N4O7S/c1-11-30(12-2)47(34(48)22-23-42(6,7)39(51)53-10)26-27-16-15-17-28(24-27)36(49)46-38-35(31-18-13-14-19-32(31)55-38)37(50)45-29-20-21-33(44-25-29)43(8,9)40(52)54-41(3,4)5/h15-17,20-21,24-25,30H,11-14,18-19,22-23,26H2,1-10H3,(H,45,50)(H,46,49). The van der Waals surface area contributed by atoms with Crippen molar-refractivity contribution in [3.05, 3.63) is 75.4 Å². The van der Waals surface area contributed by atoms with Crippen molar-refractivity contribution in [3.63, 3.8) is 0 Å². The number of carbonyl (C=O) groups excluding carboxylic acids is 5. The predicted octanol–water partition coefficient (Wildman–Crippen LogP) is 8.64. The molecule has 2 heterocycles. The minimum absolute atomic E-state index is 0.00685. The van der Waals surface area contributed by atoms with E-state index < -0.39 is 22.4 Å². The van der Waals surface area contributed by atoms with Gasteiger partial charge in [-0.1, -0.05) is 26.0 Å². The highest BCUT2D eigenvalue weighted by Crippen LogP contribution is 2.39. The second-order valence-electron chi connectivity index (χ2n) is 16.5. The molecule has 55 heavy (non-hydrogen) atoms. The third-order valence-corrected chi connectivity index (χ3v) is 11.4. The molecule has 1 aliphatic rings. The summed E-state index contributed by atoms with van der Waals surface area (Å²) >= 11 is 1.43. The van der Waals surface area contributed by atoms with E-state index >= 15 is 0 Å². The number of methoxy groups -OCH3 is 1. The maximum atomic E-state index is 13.9. The van der Waals surface area contributed by atoms with Crippen molar-refractivity contribution in [2.24, 2.45) is 5.41 Å². The van der Waals surface area contributed by atoms with E-state index in [9.17, 15) is 24.0 Å². The number of pyridine rings is 1. The summed E-state index contributed by atoms with van der Waals surface area (Å²) in [6.45, 7) is 16.9. The number of amides is 3. The molecule has 1 aromatic carbocycles. The largest absolute Gasteiger partial charge is 0.469 e. The minimum Gasteiger partial charge on any atom is -0.469 e. The van der Waals surface area contributed by atoms with Gasteiger partial charge in [-0.2, -0.15) is 0 Å². The second kappa shape index (κ2) is 17.9. The molecular formula is C43H58N4O7S. The lowest BCUT2D eigenvalue weighted by atomic mass is 9.87. The lowest BCUT2D eigenvalue weighted by Crippen LogP contribution is -2.40. The summed E-state index contributed by atoms with van der Waals surface area (Å²) in [5.41, 5.74) is 1.14. The highest BCUT2D eigenvalue weighted by Gasteiger charge is 2.36. The number of esters is 2. The molecule has 1 aliphatic carbocycles. The number of thiophene rings is 1. The Bertz CT molecular complexity index is 1870. The Balaban J connectivity index is 1.53. The summed E-state index contributed by atoms with van der Waals surface area (Å²) in [4.78, 5) is 74.0. The number of hydrogen-bond acceptors (Lipinski definition) is 9. The quantitative estimate of drug-likeness (QED) is 0.146. The molecule has 3 amide bonds. The van der Waals surface area contributed by atoms with Crippen LogP contribution in [0.1, 0.15) is 143 Å². The average Bonchev–Trinajstić information content (AvgIpc) is 3.51. The molecule has 0 fully saturated rings. The van der Waals surface area contributed by atoms with Crippen LogP contribution >= 0.6 is 11.3 Å². The third-order valence-electron chi connectivity index (χ3n) is 10.1. The Labute approximate surface area is 330 Å². The van der Waals surface area contributed by atoms with Crippen LogP contribution < -0.4 is 10.6 Å². The van der Waals surface area contributed by atoms with Crippen LogP contribution in [-0.2, 0) is 48.7 Å². The fraction of sp³-hybridized carbons (Fsp3) is 0.535. The van der Waals surface area contributed by atoms with Crippen LogP contribution in [0, 0.1) is 5.41 Å². The van der Waals surface area contributed by atoms with Crippen LogP contribution in [0.4, 0.5) is 10.7 Å². The van der Waals surface area contributed by atoms with Gasteiger partial charge in [0, 0.05) is 29.4 Å². The van der Waals surface area contributed by atoms with Crippen molar-refractivity contribution in [2.75, 3.05) is 17.7 Å². The zero-order chi connectivity index (χ0) is 40.7. The van der Waals surface area contributed by atoms with Gasteiger partial charge in [0.1, 0.15) is 16.0 Å². The Morgan fingerprint density at radius 1 is 0.891 bits per heavy atom. The molecule has 0 spiro atoms. The zero-order valence-electron chi connectivity index (χ0n) is 34.1. The number of hydrogen-bond donors (Lipinski definition) is 2. The molecule has 0 bridgehead atoms. The maximum absolute atomic E-state index is 13.9. The molecule has 2 aromatic heterocycles. The van der Waals surface area contributed by atoms with Crippen molar-refractivity contribution in [3.8, 4) is 0 Å². The molecule has 298 valence electrons. The topological polar surface area (TPSA) is 144 Å². The van der Waals surface area contributed by atoms with Crippen LogP contribution in [0.15, 0.2) is 42.6 Å². The lowest BCUT2D eigenvalue weighted by molar-refractivity contribution is -0.161. The molecule has 0 atom stereocenters. The molecule has 3 aromatic rings. The number of nitrogens with zero attached hydrogens (tertiary/aromatic N) is 2. The predicted molar refractivity (Wildman–Crippen MR) is 216 cm³/mol. The van der Waals surface area contributed by atoms with E-state index in [-0.39, 0.29) is 36.2 Å². The van der Waals surface area contributed by atoms with E-state index in [4.69, 9.17) is 9.47 Å². The molecule has 0 aliphatic heterocycles. The van der Waals surface area contributed by atoms with Crippen molar-refractivity contribution in [2.45, 2.75) is 137 Å². The Morgan fingerprint density at radius 2 is 1.58 bits per heavy atom. The Morgan fingerprint density at radius 3 is 2.20 bits per heavy atom. The van der Waals surface area contributed by atoms with E-state index in [1.807, 2.05) is 45.6 Å². The van der Waals surface area contributed by atoms with Crippen LogP contribution in [0.3, 0.4) is 0 Å². The van der Waals surface area contributed by atoms with Crippen LogP contribution in [-0.4, -0.2) is 58.3 Å². The second-order valence-corrected chi connectivity index (χ2v) is 17.6. The highest BCUT2D eigenvalue weighted by molar-refractivity contribution is 7.17. The first-order chi connectivity index (χ1) is 25.8. The number of fused-ring (bicyclic) bond motifs is 1. The number of aryl methyl sites for hydroxylation is 1. The molecule has 0 unspecified atom stereocenters. The number of rotatable bonds is 15. The maximum Gasteiger partial charge on any atom is 0.318 e. The number of benzene rings is 1. The van der Waals surface area contributed by atoms with E-state index in [0.29, 0.717) is 40.5 Å². The first-order valence-corrected chi connectivity index (χ1v) is 20.1. The third kappa shape index (κ3) is 10.8. The fourth-order valence-corrected chi connectivity index (χ4v) is 7.99. The van der Waals surface area contributed by atoms with Gasteiger partial charge in [-0.15, -0.1) is 11.3 Å². The summed E-state index contributed by atoms with van der Waals surface area (Å²) in [7, 11) is 1.35. The van der Waals surface area contributed by atoms with Gasteiger partial charge in [-0.05, 0) is 129 Å². The molecule has 0 saturated heterocycles. The van der Waals surface area contributed by atoms with Crippen LogP contribution in [0.5, 0.6) is 0 Å². The zero-order valence-corrected chi connectivity index (χ0v) is 35.0. The van der Waals surface area contributed by atoms with Crippen molar-refractivity contribution < 1.29 is 33.4 Å². The molecule has 0 saturated carbocycles. The van der Waals surface area contributed by atoms with Crippen molar-refractivity contribution in [1.82, 2.24) is 9.88 Å². The Hall–Kier alpha value is -4.58. The lowest BCUT2D eigenvalue weighted by Gasteiger charge is -2.32. The SMILES string of the molecule is CCC(CC)N(Cc1cccc(C(=O)Nc2sc3c(c2C(=O)Nc2ccc(C(C)(C)C(=O)OC(C)(C)C)nc2)CCCC3)c1)C(=O)CCC(C)(C)C(=O)OC. The van der Waals surface area contributed by atoms with Crippen molar-refractivity contribution >= 4 is 51.7 Å². The number of aromatic nitrogens is 1. The minimum atomic E-state index is -0.999. The Kier molecular flexibility index (Phi) is 14.1. The average molecular weight is 775 g/mol. The van der Waals surface area contributed by atoms with Gasteiger partial charge in [-0.25, -0.2) is 0 Å². The highest BCUT2D eigenvalue weighted by atomic mass is 32.1. The van der Waals surface area contributed by atoms with E-state index in [0.717, 1.165) is 54.5 Å². The summed E-state index contributed by atoms with van der Waals surface area (Å²) in [5, 5.41) is 6.48. The molecule has 2 N–H and O–H groups in total. The summed E-state index contributed by atoms with van der Waals surface area (Å²) in [6, 6.07) is 10.6. The summed E-state index contributed by atoms with van der Waals surface area (Å²) < 4.78 is 10.5. The molecule has 12 heteroatoms. The monoisotopic (exact) mass is 774 g/mol. The first kappa shape index (κ1) is 43.2. The molecule has 0 radical (unpaired) electrons.